The Bertz CT molecular complexity index is 398. The second-order valence-electron chi connectivity index (χ2n) is 2.92. The van der Waals surface area contributed by atoms with Crippen LogP contribution in [0.2, 0.25) is 0 Å². The lowest BCUT2D eigenvalue weighted by Gasteiger charge is -2.12. The van der Waals surface area contributed by atoms with Crippen LogP contribution >= 0.6 is 15.9 Å². The summed E-state index contributed by atoms with van der Waals surface area (Å²) in [4.78, 5) is 0. The van der Waals surface area contributed by atoms with E-state index in [4.69, 9.17) is 5.26 Å². The predicted molar refractivity (Wildman–Crippen MR) is 60.7 cm³/mol. The van der Waals surface area contributed by atoms with E-state index in [-0.39, 0.29) is 5.82 Å². The zero-order valence-electron chi connectivity index (χ0n) is 8.00. The van der Waals surface area contributed by atoms with Gasteiger partial charge in [-0.2, -0.15) is 5.26 Å². The zero-order valence-corrected chi connectivity index (χ0v) is 9.59. The van der Waals surface area contributed by atoms with E-state index in [0.29, 0.717) is 16.6 Å². The van der Waals surface area contributed by atoms with Gasteiger partial charge in [-0.15, -0.1) is 6.58 Å². The minimum absolute atomic E-state index is 0.353. The van der Waals surface area contributed by atoms with Crippen LogP contribution in [0.5, 0.6) is 0 Å². The first-order chi connectivity index (χ1) is 7.19. The molecule has 0 amide bonds. The van der Waals surface area contributed by atoms with E-state index in [1.807, 2.05) is 0 Å². The Morgan fingerprint density at radius 2 is 2.40 bits per heavy atom. The monoisotopic (exact) mass is 268 g/mol. The molecule has 0 fully saturated rings. The van der Waals surface area contributed by atoms with Crippen molar-refractivity contribution in [2.45, 2.75) is 6.04 Å². The van der Waals surface area contributed by atoms with Crippen LogP contribution in [0, 0.1) is 17.1 Å². The third-order valence-corrected chi connectivity index (χ3v) is 2.59. The number of hydrogen-bond donors (Lipinski definition) is 1. The van der Waals surface area contributed by atoms with Crippen molar-refractivity contribution in [3.8, 4) is 6.07 Å². The summed E-state index contributed by atoms with van der Waals surface area (Å²) in [5.41, 5.74) is 0.597. The van der Waals surface area contributed by atoms with Crippen LogP contribution in [0.15, 0.2) is 35.3 Å². The Morgan fingerprint density at radius 1 is 1.67 bits per heavy atom. The maximum absolute atomic E-state index is 13.0. The summed E-state index contributed by atoms with van der Waals surface area (Å²) < 4.78 is 13.7. The van der Waals surface area contributed by atoms with Gasteiger partial charge < -0.3 is 0 Å². The maximum Gasteiger partial charge on any atom is 0.123 e. The second-order valence-corrected chi connectivity index (χ2v) is 3.78. The van der Waals surface area contributed by atoms with Crippen molar-refractivity contribution in [3.05, 3.63) is 46.7 Å². The van der Waals surface area contributed by atoms with Crippen LogP contribution in [0.25, 0.3) is 0 Å². The van der Waals surface area contributed by atoms with Gasteiger partial charge >= 0.3 is 0 Å². The number of nitriles is 1. The van der Waals surface area contributed by atoms with Crippen molar-refractivity contribution in [2.24, 2.45) is 0 Å². The van der Waals surface area contributed by atoms with Crippen molar-refractivity contribution in [3.63, 3.8) is 0 Å². The average molecular weight is 269 g/mol. The first-order valence-corrected chi connectivity index (χ1v) is 5.17. The lowest BCUT2D eigenvalue weighted by atomic mass is 10.1. The van der Waals surface area contributed by atoms with Crippen LogP contribution in [0.4, 0.5) is 4.39 Å². The molecule has 0 heterocycles. The van der Waals surface area contributed by atoms with Gasteiger partial charge in [0.2, 0.25) is 0 Å². The first-order valence-electron chi connectivity index (χ1n) is 4.38. The molecule has 1 atom stereocenters. The molecule has 1 rings (SSSR count). The minimum Gasteiger partial charge on any atom is -0.295 e. The van der Waals surface area contributed by atoms with Gasteiger partial charge in [0.15, 0.2) is 0 Å². The molecule has 0 saturated heterocycles. The van der Waals surface area contributed by atoms with E-state index >= 15 is 0 Å². The molecule has 0 aliphatic carbocycles. The molecular formula is C11H10BrFN2. The fourth-order valence-electron chi connectivity index (χ4n) is 1.16. The molecule has 78 valence electrons. The Hall–Kier alpha value is -1.18. The summed E-state index contributed by atoms with van der Waals surface area (Å²) in [6.45, 7) is 4.04. The molecule has 2 nitrogen and oxygen atoms in total. The third-order valence-electron chi connectivity index (χ3n) is 1.86. The lowest BCUT2D eigenvalue weighted by Crippen LogP contribution is -2.20. The van der Waals surface area contributed by atoms with Gasteiger partial charge in [0.25, 0.3) is 0 Å². The molecule has 15 heavy (non-hydrogen) atoms. The molecule has 0 aliphatic rings. The van der Waals surface area contributed by atoms with Crippen molar-refractivity contribution < 1.29 is 4.39 Å². The van der Waals surface area contributed by atoms with E-state index in [9.17, 15) is 4.39 Å². The number of rotatable bonds is 4. The molecule has 0 aromatic heterocycles. The van der Waals surface area contributed by atoms with Crippen LogP contribution in [0.1, 0.15) is 11.6 Å². The topological polar surface area (TPSA) is 35.8 Å². The lowest BCUT2D eigenvalue weighted by molar-refractivity contribution is 0.615. The number of nitrogens with zero attached hydrogens (tertiary/aromatic N) is 1. The van der Waals surface area contributed by atoms with E-state index in [2.05, 4.69) is 33.9 Å². The molecule has 1 N–H and O–H groups in total. The number of halogens is 2. The summed E-state index contributed by atoms with van der Waals surface area (Å²) in [5.74, 6) is -0.353. The van der Waals surface area contributed by atoms with Crippen molar-refractivity contribution in [2.75, 3.05) is 6.54 Å². The van der Waals surface area contributed by atoms with E-state index < -0.39 is 6.04 Å². The van der Waals surface area contributed by atoms with Crippen molar-refractivity contribution in [1.82, 2.24) is 5.32 Å². The van der Waals surface area contributed by atoms with Crippen LogP contribution in [-0.4, -0.2) is 6.54 Å². The summed E-state index contributed by atoms with van der Waals surface area (Å²) >= 11 is 3.28. The van der Waals surface area contributed by atoms with Crippen LogP contribution in [-0.2, 0) is 0 Å². The molecule has 0 aliphatic heterocycles. The summed E-state index contributed by atoms with van der Waals surface area (Å²) in [6.07, 6.45) is 1.65. The molecule has 4 heteroatoms. The Kier molecular flexibility index (Phi) is 4.47. The predicted octanol–water partition coefficient (Wildman–Crippen LogP) is 2.93. The maximum atomic E-state index is 13.0. The van der Waals surface area contributed by atoms with Gasteiger partial charge in [-0.25, -0.2) is 4.39 Å². The van der Waals surface area contributed by atoms with Gasteiger partial charge in [-0.05, 0) is 18.2 Å². The molecule has 0 saturated carbocycles. The molecule has 0 bridgehead atoms. The highest BCUT2D eigenvalue weighted by atomic mass is 79.9. The Labute approximate surface area is 96.5 Å². The van der Waals surface area contributed by atoms with Crippen LogP contribution in [0.3, 0.4) is 0 Å². The normalized spacial score (nSPS) is 11.8. The molecule has 0 radical (unpaired) electrons. The quantitative estimate of drug-likeness (QED) is 0.853. The van der Waals surface area contributed by atoms with Gasteiger partial charge in [0, 0.05) is 16.6 Å². The first kappa shape index (κ1) is 11.9. The summed E-state index contributed by atoms with van der Waals surface area (Å²) in [5, 5.41) is 11.9. The highest BCUT2D eigenvalue weighted by molar-refractivity contribution is 9.10. The van der Waals surface area contributed by atoms with Crippen LogP contribution < -0.4 is 5.32 Å². The zero-order chi connectivity index (χ0) is 11.3. The molecular weight excluding hydrogens is 259 g/mol. The highest BCUT2D eigenvalue weighted by Gasteiger charge is 2.13. The van der Waals surface area contributed by atoms with E-state index in [1.54, 1.807) is 12.1 Å². The molecule has 0 spiro atoms. The number of benzene rings is 1. The van der Waals surface area contributed by atoms with Gasteiger partial charge in [0.1, 0.15) is 11.9 Å². The van der Waals surface area contributed by atoms with Gasteiger partial charge in [-0.3, -0.25) is 5.32 Å². The van der Waals surface area contributed by atoms with Crippen molar-refractivity contribution in [1.29, 1.82) is 5.26 Å². The summed E-state index contributed by atoms with van der Waals surface area (Å²) in [7, 11) is 0. The number of hydrogen-bond acceptors (Lipinski definition) is 2. The largest absolute Gasteiger partial charge is 0.295 e. The Balaban J connectivity index is 2.96. The fraction of sp³-hybridized carbons (Fsp3) is 0.182. The highest BCUT2D eigenvalue weighted by Crippen LogP contribution is 2.23. The molecule has 1 aromatic carbocycles. The third kappa shape index (κ3) is 3.15. The Morgan fingerprint density at radius 3 is 3.00 bits per heavy atom. The van der Waals surface area contributed by atoms with E-state index in [1.165, 1.54) is 12.1 Å². The molecule has 1 aromatic rings. The van der Waals surface area contributed by atoms with Crippen molar-refractivity contribution >= 4 is 15.9 Å². The smallest absolute Gasteiger partial charge is 0.123 e. The van der Waals surface area contributed by atoms with Gasteiger partial charge in [-0.1, -0.05) is 22.0 Å². The average Bonchev–Trinajstić information content (AvgIpc) is 2.24. The standard InChI is InChI=1S/C11H10BrFN2/c1-2-5-15-11(7-14)9-6-8(13)3-4-10(9)12/h2-4,6,11,15H,1,5H2. The van der Waals surface area contributed by atoms with Gasteiger partial charge in [0.05, 0.1) is 6.07 Å². The fourth-order valence-corrected chi connectivity index (χ4v) is 1.64. The minimum atomic E-state index is -0.534. The second kappa shape index (κ2) is 5.64. The number of nitrogens with one attached hydrogen (secondary N) is 1. The van der Waals surface area contributed by atoms with E-state index in [0.717, 1.165) is 0 Å². The summed E-state index contributed by atoms with van der Waals surface area (Å²) in [6, 6.07) is 5.80. The SMILES string of the molecule is C=CCNC(C#N)c1cc(F)ccc1Br. The molecule has 1 unspecified atom stereocenters.